The van der Waals surface area contributed by atoms with Gasteiger partial charge in [0.05, 0.1) is 22.5 Å². The number of ether oxygens (including phenoxy) is 1. The van der Waals surface area contributed by atoms with Gasteiger partial charge in [0.15, 0.2) is 0 Å². The van der Waals surface area contributed by atoms with Gasteiger partial charge in [-0.2, -0.15) is 0 Å². The number of amides is 1. The molecule has 0 bridgehead atoms. The molecule has 0 aliphatic heterocycles. The molecule has 1 N–H and O–H groups in total. The normalized spacial score (nSPS) is 11.6. The number of esters is 1. The molecule has 0 radical (unpaired) electrons. The summed E-state index contributed by atoms with van der Waals surface area (Å²) in [5, 5.41) is 3.43. The Hall–Kier alpha value is -2.04. The second kappa shape index (κ2) is 7.99. The van der Waals surface area contributed by atoms with Gasteiger partial charge < -0.3 is 10.1 Å². The van der Waals surface area contributed by atoms with Crippen molar-refractivity contribution in [3.05, 3.63) is 64.1 Å². The summed E-state index contributed by atoms with van der Waals surface area (Å²) in [7, 11) is 0. The Balaban J connectivity index is 2.08. The standard InChI is InChI=1S/C17H15Cl2NO3/c1-11(21)20-16(12-5-3-2-4-6-12)10-17(22)23-13-7-8-14(18)15(19)9-13/h2-9,16H,10H2,1H3,(H,20,21)/t16-/m0/s1. The van der Waals surface area contributed by atoms with E-state index in [4.69, 9.17) is 27.9 Å². The number of hydrogen-bond acceptors (Lipinski definition) is 3. The van der Waals surface area contributed by atoms with Crippen LogP contribution in [0.15, 0.2) is 48.5 Å². The van der Waals surface area contributed by atoms with Gasteiger partial charge in [-0.3, -0.25) is 9.59 Å². The summed E-state index contributed by atoms with van der Waals surface area (Å²) in [5.41, 5.74) is 0.828. The van der Waals surface area contributed by atoms with Crippen LogP contribution in [0.4, 0.5) is 0 Å². The molecule has 0 aliphatic carbocycles. The number of carbonyl (C=O) groups excluding carboxylic acids is 2. The number of rotatable bonds is 5. The van der Waals surface area contributed by atoms with Gasteiger partial charge in [-0.15, -0.1) is 0 Å². The molecule has 2 aromatic carbocycles. The zero-order valence-electron chi connectivity index (χ0n) is 12.4. The van der Waals surface area contributed by atoms with Crippen LogP contribution in [0.5, 0.6) is 5.75 Å². The molecule has 0 aromatic heterocycles. The van der Waals surface area contributed by atoms with E-state index in [0.29, 0.717) is 15.8 Å². The highest BCUT2D eigenvalue weighted by Crippen LogP contribution is 2.27. The first-order valence-corrected chi connectivity index (χ1v) is 7.69. The van der Waals surface area contributed by atoms with Gasteiger partial charge in [0.25, 0.3) is 0 Å². The summed E-state index contributed by atoms with van der Waals surface area (Å²) in [6, 6.07) is 13.4. The van der Waals surface area contributed by atoms with Crippen LogP contribution < -0.4 is 10.1 Å². The van der Waals surface area contributed by atoms with Crippen LogP contribution >= 0.6 is 23.2 Å². The fourth-order valence-electron chi connectivity index (χ4n) is 2.06. The van der Waals surface area contributed by atoms with Crippen molar-refractivity contribution in [1.82, 2.24) is 5.32 Å². The van der Waals surface area contributed by atoms with E-state index in [9.17, 15) is 9.59 Å². The van der Waals surface area contributed by atoms with E-state index in [1.165, 1.54) is 13.0 Å². The van der Waals surface area contributed by atoms with Crippen LogP contribution in [0.2, 0.25) is 10.0 Å². The minimum absolute atomic E-state index is 0.00381. The summed E-state index contributed by atoms with van der Waals surface area (Å²) in [4.78, 5) is 23.5. The molecule has 0 fully saturated rings. The lowest BCUT2D eigenvalue weighted by molar-refractivity contribution is -0.135. The predicted octanol–water partition coefficient (Wildman–Crippen LogP) is 4.17. The number of nitrogens with one attached hydrogen (secondary N) is 1. The lowest BCUT2D eigenvalue weighted by Crippen LogP contribution is -2.29. The van der Waals surface area contributed by atoms with Crippen LogP contribution in [0.1, 0.15) is 24.9 Å². The first-order chi connectivity index (χ1) is 11.0. The van der Waals surface area contributed by atoms with Crippen LogP contribution in [-0.2, 0) is 9.59 Å². The Morgan fingerprint density at radius 3 is 2.39 bits per heavy atom. The molecule has 0 saturated carbocycles. The van der Waals surface area contributed by atoms with Crippen molar-refractivity contribution in [2.75, 3.05) is 0 Å². The fraction of sp³-hybridized carbons (Fsp3) is 0.176. The number of carbonyl (C=O) groups is 2. The van der Waals surface area contributed by atoms with E-state index in [1.54, 1.807) is 12.1 Å². The lowest BCUT2D eigenvalue weighted by atomic mass is 10.0. The maximum Gasteiger partial charge on any atom is 0.313 e. The first kappa shape index (κ1) is 17.3. The van der Waals surface area contributed by atoms with E-state index in [0.717, 1.165) is 5.56 Å². The molecular formula is C17H15Cl2NO3. The second-order valence-corrected chi connectivity index (χ2v) is 5.73. The van der Waals surface area contributed by atoms with E-state index in [-0.39, 0.29) is 12.3 Å². The molecule has 2 aromatic rings. The monoisotopic (exact) mass is 351 g/mol. The fourth-order valence-corrected chi connectivity index (χ4v) is 2.35. The van der Waals surface area contributed by atoms with Gasteiger partial charge in [0.1, 0.15) is 5.75 Å². The molecule has 1 atom stereocenters. The average molecular weight is 352 g/mol. The maximum absolute atomic E-state index is 12.1. The third-order valence-corrected chi connectivity index (χ3v) is 3.81. The minimum Gasteiger partial charge on any atom is -0.426 e. The maximum atomic E-state index is 12.1. The minimum atomic E-state index is -0.481. The van der Waals surface area contributed by atoms with E-state index >= 15 is 0 Å². The molecule has 0 aliphatic rings. The zero-order valence-corrected chi connectivity index (χ0v) is 13.9. The molecule has 0 spiro atoms. The zero-order chi connectivity index (χ0) is 16.8. The number of hydrogen-bond donors (Lipinski definition) is 1. The molecule has 1 amide bonds. The van der Waals surface area contributed by atoms with Gasteiger partial charge in [-0.1, -0.05) is 53.5 Å². The topological polar surface area (TPSA) is 55.4 Å². The molecule has 0 saturated heterocycles. The molecule has 0 heterocycles. The van der Waals surface area contributed by atoms with Gasteiger partial charge >= 0.3 is 5.97 Å². The van der Waals surface area contributed by atoms with Crippen LogP contribution in [0.3, 0.4) is 0 Å². The molecule has 23 heavy (non-hydrogen) atoms. The van der Waals surface area contributed by atoms with E-state index in [2.05, 4.69) is 5.32 Å². The Morgan fingerprint density at radius 1 is 1.09 bits per heavy atom. The highest BCUT2D eigenvalue weighted by Gasteiger charge is 2.18. The van der Waals surface area contributed by atoms with Crippen molar-refractivity contribution in [1.29, 1.82) is 0 Å². The van der Waals surface area contributed by atoms with Gasteiger partial charge in [-0.05, 0) is 17.7 Å². The summed E-state index contributed by atoms with van der Waals surface area (Å²) in [6.45, 7) is 1.40. The molecule has 6 heteroatoms. The van der Waals surface area contributed by atoms with Crippen molar-refractivity contribution in [3.8, 4) is 5.75 Å². The average Bonchev–Trinajstić information content (AvgIpc) is 2.51. The van der Waals surface area contributed by atoms with Crippen LogP contribution in [-0.4, -0.2) is 11.9 Å². The smallest absolute Gasteiger partial charge is 0.313 e. The van der Waals surface area contributed by atoms with Crippen molar-refractivity contribution in [2.45, 2.75) is 19.4 Å². The van der Waals surface area contributed by atoms with Crippen LogP contribution in [0.25, 0.3) is 0 Å². The highest BCUT2D eigenvalue weighted by atomic mass is 35.5. The van der Waals surface area contributed by atoms with Gasteiger partial charge in [0.2, 0.25) is 5.91 Å². The van der Waals surface area contributed by atoms with E-state index in [1.807, 2.05) is 30.3 Å². The molecular weight excluding hydrogens is 337 g/mol. The molecule has 0 unspecified atom stereocenters. The van der Waals surface area contributed by atoms with E-state index < -0.39 is 12.0 Å². The third kappa shape index (κ3) is 5.27. The lowest BCUT2D eigenvalue weighted by Gasteiger charge is -2.17. The summed E-state index contributed by atoms with van der Waals surface area (Å²) in [5.74, 6) is -0.397. The third-order valence-electron chi connectivity index (χ3n) is 3.07. The molecule has 4 nitrogen and oxygen atoms in total. The summed E-state index contributed by atoms with van der Waals surface area (Å²) >= 11 is 11.7. The Labute approximate surface area is 144 Å². The van der Waals surface area contributed by atoms with Gasteiger partial charge in [-0.25, -0.2) is 0 Å². The van der Waals surface area contributed by atoms with Crippen molar-refractivity contribution in [3.63, 3.8) is 0 Å². The highest BCUT2D eigenvalue weighted by molar-refractivity contribution is 6.42. The Morgan fingerprint density at radius 2 is 1.78 bits per heavy atom. The number of halogens is 2. The van der Waals surface area contributed by atoms with Crippen molar-refractivity contribution < 1.29 is 14.3 Å². The van der Waals surface area contributed by atoms with Gasteiger partial charge in [0, 0.05) is 13.0 Å². The SMILES string of the molecule is CC(=O)N[C@@H](CC(=O)Oc1ccc(Cl)c(Cl)c1)c1ccccc1. The molecule has 120 valence electrons. The quantitative estimate of drug-likeness (QED) is 0.649. The summed E-state index contributed by atoms with van der Waals surface area (Å²) < 4.78 is 5.25. The second-order valence-electron chi connectivity index (χ2n) is 4.92. The first-order valence-electron chi connectivity index (χ1n) is 6.93. The van der Waals surface area contributed by atoms with Crippen molar-refractivity contribution in [2.24, 2.45) is 0 Å². The Bertz CT molecular complexity index is 704. The Kier molecular flexibility index (Phi) is 6.02. The van der Waals surface area contributed by atoms with Crippen LogP contribution in [0, 0.1) is 0 Å². The number of benzene rings is 2. The largest absolute Gasteiger partial charge is 0.426 e. The summed E-state index contributed by atoms with van der Waals surface area (Å²) in [6.07, 6.45) is 0.00381. The predicted molar refractivity (Wildman–Crippen MR) is 89.7 cm³/mol. The molecule has 2 rings (SSSR count). The van der Waals surface area contributed by atoms with Crippen molar-refractivity contribution >= 4 is 35.1 Å².